The second-order valence-corrected chi connectivity index (χ2v) is 16.5. The number of aromatic amines is 2. The molecule has 0 spiro atoms. The van der Waals surface area contributed by atoms with Gasteiger partial charge >= 0.3 is 0 Å². The lowest BCUT2D eigenvalue weighted by molar-refractivity contribution is 0.322. The smallest absolute Gasteiger partial charge is 0.123 e. The van der Waals surface area contributed by atoms with Gasteiger partial charge in [-0.25, -0.2) is 18.7 Å². The van der Waals surface area contributed by atoms with Gasteiger partial charge < -0.3 is 9.97 Å². The average Bonchev–Trinajstić information content (AvgIpc) is 3.80. The second kappa shape index (κ2) is 15.9. The molecule has 0 atom stereocenters. The second-order valence-electron chi connectivity index (χ2n) is 15.7. The predicted octanol–water partition coefficient (Wildman–Crippen LogP) is 12.8. The lowest BCUT2D eigenvalue weighted by Gasteiger charge is -2.29. The van der Waals surface area contributed by atoms with Crippen LogP contribution in [0.15, 0.2) is 97.3 Å². The maximum absolute atomic E-state index is 13.8. The van der Waals surface area contributed by atoms with Crippen molar-refractivity contribution < 1.29 is 8.78 Å². The highest BCUT2D eigenvalue weighted by Gasteiger charge is 2.26. The number of halogens is 4. The van der Waals surface area contributed by atoms with Crippen LogP contribution in [-0.2, 0) is 12.8 Å². The van der Waals surface area contributed by atoms with E-state index in [2.05, 4.69) is 32.1 Å². The van der Waals surface area contributed by atoms with Crippen LogP contribution in [0.2, 0.25) is 10.0 Å². The molecule has 2 N–H and O–H groups in total. The van der Waals surface area contributed by atoms with Crippen molar-refractivity contribution in [3.8, 4) is 0 Å². The molecule has 0 unspecified atom stereocenters. The van der Waals surface area contributed by atoms with Gasteiger partial charge in [-0.2, -0.15) is 0 Å². The zero-order valence-electron chi connectivity index (χ0n) is 30.9. The number of imidazole rings is 2. The molecule has 284 valence electrons. The highest BCUT2D eigenvalue weighted by molar-refractivity contribution is 6.31. The Hall–Kier alpha value is -4.92. The summed E-state index contributed by atoms with van der Waals surface area (Å²) in [6.45, 7) is 0. The number of pyridine rings is 2. The number of aromatic nitrogens is 6. The van der Waals surface area contributed by atoms with E-state index < -0.39 is 0 Å². The Bertz CT molecular complexity index is 2470. The van der Waals surface area contributed by atoms with E-state index in [4.69, 9.17) is 33.2 Å². The van der Waals surface area contributed by atoms with Crippen molar-refractivity contribution >= 4 is 67.1 Å². The molecule has 10 rings (SSSR count). The standard InChI is InChI=1S/2C23H21ClFN3/c2*24-16-5-7-21-22(12-16)28-23(27-21)11-14-1-3-15(4-2-14)18-9-10-26-20-8-6-17(25)13-19(18)20/h2*5-10,12-15H,1-4,11H2,(H,27,28). The number of hydrogen-bond acceptors (Lipinski definition) is 4. The van der Waals surface area contributed by atoms with E-state index in [1.165, 1.54) is 23.3 Å². The summed E-state index contributed by atoms with van der Waals surface area (Å²) in [4.78, 5) is 25.0. The molecule has 2 aliphatic rings. The van der Waals surface area contributed by atoms with Gasteiger partial charge in [-0.3, -0.25) is 9.97 Å². The van der Waals surface area contributed by atoms with Gasteiger partial charge in [-0.15, -0.1) is 0 Å². The summed E-state index contributed by atoms with van der Waals surface area (Å²) in [7, 11) is 0. The minimum Gasteiger partial charge on any atom is -0.342 e. The lowest BCUT2D eigenvalue weighted by atomic mass is 9.77. The van der Waals surface area contributed by atoms with E-state index in [1.54, 1.807) is 24.3 Å². The molecular formula is C46H42Cl2F2N6. The van der Waals surface area contributed by atoms with Crippen LogP contribution >= 0.6 is 23.2 Å². The summed E-state index contributed by atoms with van der Waals surface area (Å²) in [6, 6.07) is 25.4. The monoisotopic (exact) mass is 786 g/mol. The molecule has 4 heterocycles. The van der Waals surface area contributed by atoms with E-state index >= 15 is 0 Å². The van der Waals surface area contributed by atoms with E-state index in [0.29, 0.717) is 23.7 Å². The molecule has 56 heavy (non-hydrogen) atoms. The fourth-order valence-corrected chi connectivity index (χ4v) is 9.50. The molecule has 10 heteroatoms. The van der Waals surface area contributed by atoms with Gasteiger partial charge in [-0.05, 0) is 171 Å². The molecule has 2 saturated carbocycles. The summed E-state index contributed by atoms with van der Waals surface area (Å²) in [5.74, 6) is 3.88. The van der Waals surface area contributed by atoms with Crippen LogP contribution < -0.4 is 0 Å². The van der Waals surface area contributed by atoms with E-state index in [9.17, 15) is 8.78 Å². The van der Waals surface area contributed by atoms with E-state index in [1.807, 2.05) is 48.8 Å². The van der Waals surface area contributed by atoms with Crippen molar-refractivity contribution in [3.05, 3.63) is 142 Å². The summed E-state index contributed by atoms with van der Waals surface area (Å²) >= 11 is 12.1. The first-order valence-electron chi connectivity index (χ1n) is 19.7. The van der Waals surface area contributed by atoms with Crippen LogP contribution in [-0.4, -0.2) is 29.9 Å². The molecular weight excluding hydrogens is 745 g/mol. The number of hydrogen-bond donors (Lipinski definition) is 2. The van der Waals surface area contributed by atoms with E-state index in [-0.39, 0.29) is 11.6 Å². The van der Waals surface area contributed by atoms with Crippen molar-refractivity contribution in [2.24, 2.45) is 11.8 Å². The van der Waals surface area contributed by atoms with E-state index in [0.717, 1.165) is 130 Å². The first-order valence-corrected chi connectivity index (χ1v) is 20.4. The number of fused-ring (bicyclic) bond motifs is 4. The number of nitrogens with zero attached hydrogens (tertiary/aromatic N) is 4. The Balaban J connectivity index is 0.000000146. The van der Waals surface area contributed by atoms with Gasteiger partial charge in [0.05, 0.1) is 33.1 Å². The molecule has 0 saturated heterocycles. The van der Waals surface area contributed by atoms with Gasteiger partial charge in [0.1, 0.15) is 23.3 Å². The van der Waals surface area contributed by atoms with Crippen LogP contribution in [0, 0.1) is 23.5 Å². The highest BCUT2D eigenvalue weighted by Crippen LogP contribution is 2.41. The number of rotatable bonds is 6. The van der Waals surface area contributed by atoms with Crippen molar-refractivity contribution in [2.45, 2.75) is 76.0 Å². The number of benzene rings is 4. The number of H-pyrrole nitrogens is 2. The topological polar surface area (TPSA) is 83.1 Å². The quantitative estimate of drug-likeness (QED) is 0.176. The molecule has 4 aromatic carbocycles. The third-order valence-electron chi connectivity index (χ3n) is 12.0. The first-order chi connectivity index (χ1) is 27.3. The van der Waals surface area contributed by atoms with Crippen LogP contribution in [0.1, 0.15) is 86.0 Å². The van der Waals surface area contributed by atoms with Gasteiger partial charge in [0, 0.05) is 46.1 Å². The molecule has 0 aliphatic heterocycles. The van der Waals surface area contributed by atoms with Gasteiger partial charge in [0.15, 0.2) is 0 Å². The normalized spacial score (nSPS) is 20.1. The Labute approximate surface area is 334 Å². The zero-order chi connectivity index (χ0) is 38.2. The van der Waals surface area contributed by atoms with Crippen molar-refractivity contribution in [2.75, 3.05) is 0 Å². The SMILES string of the molecule is Fc1ccc2nccc(C3CCC(Cc4nc5ccc(Cl)cc5[nH]4)CC3)c2c1.Fc1ccc2nccc(C3CCC(Cc4nc5ccc(Cl)cc5[nH]4)CC3)c2c1. The zero-order valence-corrected chi connectivity index (χ0v) is 32.4. The van der Waals surface area contributed by atoms with Crippen molar-refractivity contribution in [3.63, 3.8) is 0 Å². The van der Waals surface area contributed by atoms with Crippen molar-refractivity contribution in [1.29, 1.82) is 0 Å². The fraction of sp³-hybridized carbons (Fsp3) is 0.304. The molecule has 4 aromatic heterocycles. The molecule has 0 radical (unpaired) electrons. The maximum Gasteiger partial charge on any atom is 0.123 e. The third kappa shape index (κ3) is 8.00. The molecule has 2 aliphatic carbocycles. The molecule has 6 nitrogen and oxygen atoms in total. The van der Waals surface area contributed by atoms with Crippen LogP contribution in [0.25, 0.3) is 43.9 Å². The fourth-order valence-electron chi connectivity index (χ4n) is 9.16. The molecule has 8 aromatic rings. The average molecular weight is 788 g/mol. The predicted molar refractivity (Wildman–Crippen MR) is 222 cm³/mol. The van der Waals surface area contributed by atoms with Crippen LogP contribution in [0.4, 0.5) is 8.78 Å². The Morgan fingerprint density at radius 1 is 0.500 bits per heavy atom. The minimum atomic E-state index is -0.194. The molecule has 0 amide bonds. The maximum atomic E-state index is 13.8. The minimum absolute atomic E-state index is 0.194. The first kappa shape index (κ1) is 36.7. The highest BCUT2D eigenvalue weighted by atomic mass is 35.5. The van der Waals surface area contributed by atoms with Crippen molar-refractivity contribution in [1.82, 2.24) is 29.9 Å². The van der Waals surface area contributed by atoms with Crippen LogP contribution in [0.3, 0.4) is 0 Å². The van der Waals surface area contributed by atoms with Crippen LogP contribution in [0.5, 0.6) is 0 Å². The lowest BCUT2D eigenvalue weighted by Crippen LogP contribution is -2.16. The molecule has 0 bridgehead atoms. The Morgan fingerprint density at radius 3 is 1.34 bits per heavy atom. The Morgan fingerprint density at radius 2 is 0.911 bits per heavy atom. The van der Waals surface area contributed by atoms with Gasteiger partial charge in [0.25, 0.3) is 0 Å². The largest absolute Gasteiger partial charge is 0.342 e. The summed E-state index contributed by atoms with van der Waals surface area (Å²) in [6.07, 6.45) is 14.7. The van der Waals surface area contributed by atoms with Gasteiger partial charge in [-0.1, -0.05) is 23.2 Å². The third-order valence-corrected chi connectivity index (χ3v) is 12.5. The summed E-state index contributed by atoms with van der Waals surface area (Å²) in [5.41, 5.74) is 8.17. The Kier molecular flexibility index (Phi) is 10.4. The summed E-state index contributed by atoms with van der Waals surface area (Å²) in [5, 5.41) is 3.37. The number of nitrogens with one attached hydrogen (secondary N) is 2. The summed E-state index contributed by atoms with van der Waals surface area (Å²) < 4.78 is 27.5. The van der Waals surface area contributed by atoms with Gasteiger partial charge in [0.2, 0.25) is 0 Å². The molecule has 2 fully saturated rings.